The summed E-state index contributed by atoms with van der Waals surface area (Å²) in [5.41, 5.74) is 1.13. The summed E-state index contributed by atoms with van der Waals surface area (Å²) >= 11 is 0. The lowest BCUT2D eigenvalue weighted by Gasteiger charge is -2.56. The van der Waals surface area contributed by atoms with Gasteiger partial charge in [0.15, 0.2) is 5.79 Å². The summed E-state index contributed by atoms with van der Waals surface area (Å²) in [4.78, 5) is 0. The summed E-state index contributed by atoms with van der Waals surface area (Å²) in [6.07, 6.45) is 1.65. The molecule has 2 aliphatic rings. The minimum atomic E-state index is -2.67. The Kier molecular flexibility index (Phi) is 8.26. The van der Waals surface area contributed by atoms with Gasteiger partial charge in [0.1, 0.15) is 6.10 Å². The molecule has 176 valence electrons. The molecule has 1 N–H and O–H groups in total. The Labute approximate surface area is 187 Å². The number of aliphatic hydroxyl groups is 1. The summed E-state index contributed by atoms with van der Waals surface area (Å²) in [6, 6.07) is 0. The van der Waals surface area contributed by atoms with E-state index in [0.29, 0.717) is 13.0 Å². The minimum Gasteiger partial charge on any atom is -0.414 e. The fourth-order valence-corrected chi connectivity index (χ4v) is 16.6. The largest absolute Gasteiger partial charge is 0.414 e. The van der Waals surface area contributed by atoms with Crippen molar-refractivity contribution in [3.05, 3.63) is 12.7 Å². The maximum Gasteiger partial charge on any atom is 0.335 e. The van der Waals surface area contributed by atoms with Crippen LogP contribution in [0, 0.1) is 11.8 Å². The van der Waals surface area contributed by atoms with Gasteiger partial charge >= 0.3 is 17.1 Å². The third kappa shape index (κ3) is 4.41. The minimum absolute atomic E-state index is 0.0839. The van der Waals surface area contributed by atoms with Crippen LogP contribution in [0.1, 0.15) is 75.7 Å². The summed E-state index contributed by atoms with van der Waals surface area (Å²) in [7, 11) is -5.28. The standard InChI is InChI=1S/C23H46O5Si2/c1-12-13-23(24)20(11)19(10)22-21(26-23)14-25-29(15(2)3,16(4)5)28-30(27-22,17(6)7)18(8)9/h12,15-22,24H,1,13-14H2,2-11H3/t19-,20-,21-,22+,23+/m0/s1. The second-order valence-electron chi connectivity index (χ2n) is 10.7. The molecule has 0 bridgehead atoms. The molecule has 2 fully saturated rings. The van der Waals surface area contributed by atoms with Crippen LogP contribution in [0.3, 0.4) is 0 Å². The lowest BCUT2D eigenvalue weighted by atomic mass is 9.78. The highest BCUT2D eigenvalue weighted by Crippen LogP contribution is 2.49. The van der Waals surface area contributed by atoms with E-state index < -0.39 is 22.9 Å². The highest BCUT2D eigenvalue weighted by atomic mass is 28.5. The molecule has 0 saturated carbocycles. The Morgan fingerprint density at radius 1 is 0.967 bits per heavy atom. The summed E-state index contributed by atoms with van der Waals surface area (Å²) in [5.74, 6) is -1.22. The van der Waals surface area contributed by atoms with E-state index in [2.05, 4.69) is 68.9 Å². The van der Waals surface area contributed by atoms with E-state index in [4.69, 9.17) is 17.7 Å². The quantitative estimate of drug-likeness (QED) is 0.398. The molecule has 2 heterocycles. The average Bonchev–Trinajstić information content (AvgIpc) is 2.62. The number of rotatable bonds is 6. The van der Waals surface area contributed by atoms with Gasteiger partial charge in [0.2, 0.25) is 0 Å². The van der Waals surface area contributed by atoms with Crippen LogP contribution < -0.4 is 0 Å². The lowest BCUT2D eigenvalue weighted by molar-refractivity contribution is -0.319. The van der Waals surface area contributed by atoms with Gasteiger partial charge < -0.3 is 22.8 Å². The van der Waals surface area contributed by atoms with Crippen LogP contribution >= 0.6 is 0 Å². The SMILES string of the molecule is C=CC[C@@]1(O)O[C@H]2CO[Si](C(C)C)(C(C)C)O[Si](C(C)C)(C(C)C)O[C@@H]2[C@@H](C)[C@@H]1C. The fraction of sp³-hybridized carbons (Fsp3) is 0.913. The number of hydrogen-bond acceptors (Lipinski definition) is 5. The van der Waals surface area contributed by atoms with Crippen molar-refractivity contribution in [2.45, 2.75) is 116 Å². The van der Waals surface area contributed by atoms with Gasteiger partial charge in [-0.3, -0.25) is 0 Å². The molecular weight excluding hydrogens is 412 g/mol. The number of ether oxygens (including phenoxy) is 1. The number of fused-ring (bicyclic) bond motifs is 1. The normalized spacial score (nSPS) is 36.6. The van der Waals surface area contributed by atoms with Crippen LogP contribution in [0.2, 0.25) is 22.2 Å². The van der Waals surface area contributed by atoms with Crippen molar-refractivity contribution in [2.75, 3.05) is 6.61 Å². The maximum atomic E-state index is 11.3. The zero-order chi connectivity index (χ0) is 23.1. The zero-order valence-electron chi connectivity index (χ0n) is 20.9. The molecule has 7 heteroatoms. The van der Waals surface area contributed by atoms with Crippen molar-refractivity contribution in [1.29, 1.82) is 0 Å². The molecule has 0 aromatic carbocycles. The molecule has 0 radical (unpaired) electrons. The third-order valence-electron chi connectivity index (χ3n) is 7.51. The molecule has 30 heavy (non-hydrogen) atoms. The van der Waals surface area contributed by atoms with Crippen molar-refractivity contribution < 1.29 is 22.8 Å². The van der Waals surface area contributed by atoms with E-state index in [-0.39, 0.29) is 46.2 Å². The molecule has 2 aliphatic heterocycles. The second kappa shape index (κ2) is 9.45. The van der Waals surface area contributed by atoms with Crippen molar-refractivity contribution in [3.8, 4) is 0 Å². The van der Waals surface area contributed by atoms with Crippen LogP contribution in [-0.2, 0) is 17.7 Å². The highest BCUT2D eigenvalue weighted by Gasteiger charge is 2.61. The van der Waals surface area contributed by atoms with Crippen LogP contribution in [0.4, 0.5) is 0 Å². The van der Waals surface area contributed by atoms with Crippen LogP contribution in [-0.4, -0.2) is 46.8 Å². The Balaban J connectivity index is 2.59. The molecule has 0 spiro atoms. The first-order valence-corrected chi connectivity index (χ1v) is 15.7. The monoisotopic (exact) mass is 458 g/mol. The van der Waals surface area contributed by atoms with Gasteiger partial charge in [-0.05, 0) is 28.1 Å². The van der Waals surface area contributed by atoms with Crippen molar-refractivity contribution in [1.82, 2.24) is 0 Å². The molecule has 2 rings (SSSR count). The van der Waals surface area contributed by atoms with E-state index in [0.717, 1.165) is 0 Å². The second-order valence-corrected chi connectivity index (χ2v) is 19.5. The first-order chi connectivity index (χ1) is 13.8. The van der Waals surface area contributed by atoms with Crippen LogP contribution in [0.25, 0.3) is 0 Å². The van der Waals surface area contributed by atoms with E-state index in [1.807, 2.05) is 6.92 Å². The predicted molar refractivity (Wildman–Crippen MR) is 127 cm³/mol. The van der Waals surface area contributed by atoms with Gasteiger partial charge in [0, 0.05) is 12.3 Å². The topological polar surface area (TPSA) is 57.2 Å². The van der Waals surface area contributed by atoms with Gasteiger partial charge in [-0.25, -0.2) is 0 Å². The smallest absolute Gasteiger partial charge is 0.335 e. The molecular formula is C23H46O5Si2. The van der Waals surface area contributed by atoms with Crippen molar-refractivity contribution in [3.63, 3.8) is 0 Å². The maximum absolute atomic E-state index is 11.3. The first-order valence-electron chi connectivity index (χ1n) is 11.8. The molecule has 5 atom stereocenters. The van der Waals surface area contributed by atoms with E-state index >= 15 is 0 Å². The van der Waals surface area contributed by atoms with E-state index in [9.17, 15) is 5.11 Å². The molecule has 0 aliphatic carbocycles. The van der Waals surface area contributed by atoms with Gasteiger partial charge in [-0.1, -0.05) is 75.3 Å². The van der Waals surface area contributed by atoms with Crippen molar-refractivity contribution >= 4 is 17.1 Å². The summed E-state index contributed by atoms with van der Waals surface area (Å²) in [5, 5.41) is 11.3. The molecule has 0 unspecified atom stereocenters. The Morgan fingerprint density at radius 2 is 1.47 bits per heavy atom. The fourth-order valence-electron chi connectivity index (χ4n) is 5.36. The van der Waals surface area contributed by atoms with Gasteiger partial charge in [0.25, 0.3) is 0 Å². The highest BCUT2D eigenvalue weighted by molar-refractivity contribution is 6.83. The predicted octanol–water partition coefficient (Wildman–Crippen LogP) is 5.88. The average molecular weight is 459 g/mol. The van der Waals surface area contributed by atoms with E-state index in [1.165, 1.54) is 0 Å². The van der Waals surface area contributed by atoms with Crippen LogP contribution in [0.15, 0.2) is 12.7 Å². The Morgan fingerprint density at radius 3 is 1.90 bits per heavy atom. The first kappa shape index (κ1) is 26.2. The van der Waals surface area contributed by atoms with Crippen molar-refractivity contribution in [2.24, 2.45) is 11.8 Å². The summed E-state index contributed by atoms with van der Waals surface area (Å²) in [6.45, 7) is 26.2. The molecule has 0 aromatic heterocycles. The Hall–Kier alpha value is -0.0262. The lowest BCUT2D eigenvalue weighted by Crippen LogP contribution is -2.69. The van der Waals surface area contributed by atoms with Gasteiger partial charge in [0.05, 0.1) is 12.7 Å². The van der Waals surface area contributed by atoms with Crippen LogP contribution in [0.5, 0.6) is 0 Å². The zero-order valence-corrected chi connectivity index (χ0v) is 22.9. The molecule has 0 aromatic rings. The molecule has 2 saturated heterocycles. The molecule has 5 nitrogen and oxygen atoms in total. The number of hydrogen-bond donors (Lipinski definition) is 1. The Bertz CT molecular complexity index is 578. The molecule has 0 amide bonds. The van der Waals surface area contributed by atoms with E-state index in [1.54, 1.807) is 6.08 Å². The van der Waals surface area contributed by atoms with Gasteiger partial charge in [-0.15, -0.1) is 6.58 Å². The summed E-state index contributed by atoms with van der Waals surface area (Å²) < 4.78 is 27.5. The third-order valence-corrected chi connectivity index (χ3v) is 17.8. The van der Waals surface area contributed by atoms with Gasteiger partial charge in [-0.2, -0.15) is 0 Å².